The number of nitrogens with zero attached hydrogens (tertiary/aromatic N) is 1. The van der Waals surface area contributed by atoms with Gasteiger partial charge in [0.1, 0.15) is 0 Å². The minimum atomic E-state index is 0.367. The lowest BCUT2D eigenvalue weighted by molar-refractivity contribution is 0.663. The molecule has 0 amide bonds. The summed E-state index contributed by atoms with van der Waals surface area (Å²) in [4.78, 5) is 4.67. The van der Waals surface area contributed by atoms with Crippen LogP contribution >= 0.6 is 0 Å². The maximum atomic E-state index is 4.67. The van der Waals surface area contributed by atoms with Crippen LogP contribution in [-0.4, -0.2) is 17.9 Å². The highest BCUT2D eigenvalue weighted by Gasteiger charge is 2.28. The van der Waals surface area contributed by atoms with Gasteiger partial charge >= 0.3 is 0 Å². The number of hydrogen-bond donors (Lipinski definition) is 1. The first kappa shape index (κ1) is 8.54. The van der Waals surface area contributed by atoms with E-state index in [1.807, 2.05) is 0 Å². The van der Waals surface area contributed by atoms with Gasteiger partial charge in [-0.2, -0.15) is 0 Å². The Bertz CT molecular complexity index is 286. The second kappa shape index (κ2) is 3.36. The molecule has 2 heteroatoms. The Kier molecular flexibility index (Phi) is 2.21. The molecule has 0 saturated heterocycles. The quantitative estimate of drug-likeness (QED) is 0.684. The Labute approximate surface area is 79.4 Å². The Morgan fingerprint density at radius 2 is 2.38 bits per heavy atom. The third-order valence-corrected chi connectivity index (χ3v) is 2.60. The predicted octanol–water partition coefficient (Wildman–Crippen LogP) is 2.04. The van der Waals surface area contributed by atoms with Crippen LogP contribution < -0.4 is 5.32 Å². The highest BCUT2D eigenvalue weighted by Crippen LogP contribution is 2.21. The van der Waals surface area contributed by atoms with Crippen molar-refractivity contribution in [2.24, 2.45) is 4.99 Å². The molecule has 0 spiro atoms. The monoisotopic (exact) mass is 176 g/mol. The van der Waals surface area contributed by atoms with E-state index >= 15 is 0 Å². The summed E-state index contributed by atoms with van der Waals surface area (Å²) in [5.41, 5.74) is 1.37. The molecule has 2 unspecified atom stereocenters. The third-order valence-electron chi connectivity index (χ3n) is 2.60. The van der Waals surface area contributed by atoms with E-state index in [1.165, 1.54) is 11.4 Å². The van der Waals surface area contributed by atoms with Gasteiger partial charge in [0, 0.05) is 6.42 Å². The van der Waals surface area contributed by atoms with Gasteiger partial charge in [0.05, 0.1) is 17.9 Å². The van der Waals surface area contributed by atoms with Gasteiger partial charge < -0.3 is 5.32 Å². The molecule has 1 N–H and O–H groups in total. The van der Waals surface area contributed by atoms with Crippen LogP contribution in [0.1, 0.15) is 26.7 Å². The summed E-state index contributed by atoms with van der Waals surface area (Å²) in [6.45, 7) is 4.34. The number of nitrogens with one attached hydrogen (secondary N) is 1. The van der Waals surface area contributed by atoms with Crippen molar-refractivity contribution in [3.05, 3.63) is 23.8 Å². The number of rotatable bonds is 2. The van der Waals surface area contributed by atoms with Gasteiger partial charge in [-0.1, -0.05) is 25.2 Å². The molecule has 2 aliphatic rings. The lowest BCUT2D eigenvalue weighted by atomic mass is 9.97. The Morgan fingerprint density at radius 1 is 1.54 bits per heavy atom. The number of hydrogen-bond acceptors (Lipinski definition) is 2. The van der Waals surface area contributed by atoms with Crippen LogP contribution in [0, 0.1) is 0 Å². The molecule has 0 saturated carbocycles. The minimum absolute atomic E-state index is 0.367. The topological polar surface area (TPSA) is 24.4 Å². The van der Waals surface area contributed by atoms with Crippen molar-refractivity contribution in [3.63, 3.8) is 0 Å². The van der Waals surface area contributed by atoms with Gasteiger partial charge in [-0.15, -0.1) is 0 Å². The van der Waals surface area contributed by atoms with Crippen LogP contribution in [0.25, 0.3) is 0 Å². The molecule has 2 rings (SSSR count). The van der Waals surface area contributed by atoms with Gasteiger partial charge in [-0.05, 0) is 18.9 Å². The smallest absolute Gasteiger partial charge is 0.0977 e. The van der Waals surface area contributed by atoms with Gasteiger partial charge in [0.25, 0.3) is 0 Å². The summed E-state index contributed by atoms with van der Waals surface area (Å²) in [5, 5.41) is 3.45. The largest absolute Gasteiger partial charge is 0.365 e. The van der Waals surface area contributed by atoms with E-state index in [2.05, 4.69) is 42.4 Å². The van der Waals surface area contributed by atoms with Gasteiger partial charge in [-0.3, -0.25) is 4.99 Å². The Morgan fingerprint density at radius 3 is 3.08 bits per heavy atom. The lowest BCUT2D eigenvalue weighted by Crippen LogP contribution is -2.34. The van der Waals surface area contributed by atoms with Crippen LogP contribution in [0.3, 0.4) is 0 Å². The van der Waals surface area contributed by atoms with E-state index in [0.29, 0.717) is 12.1 Å². The fraction of sp³-hybridized carbons (Fsp3) is 0.545. The predicted molar refractivity (Wildman–Crippen MR) is 56.0 cm³/mol. The second-order valence-corrected chi connectivity index (χ2v) is 3.74. The van der Waals surface area contributed by atoms with Crippen molar-refractivity contribution < 1.29 is 0 Å². The molecule has 13 heavy (non-hydrogen) atoms. The maximum absolute atomic E-state index is 4.67. The first-order valence-corrected chi connectivity index (χ1v) is 4.99. The number of amidine groups is 1. The molecular formula is C11H16N2. The highest BCUT2D eigenvalue weighted by molar-refractivity contribution is 5.85. The van der Waals surface area contributed by atoms with Crippen molar-refractivity contribution in [3.8, 4) is 0 Å². The number of aliphatic imine (C=N–C) groups is 1. The first-order chi connectivity index (χ1) is 6.31. The molecule has 1 heterocycles. The molecule has 2 atom stereocenters. The summed E-state index contributed by atoms with van der Waals surface area (Å²) in [6.07, 6.45) is 8.71. The molecule has 2 nitrogen and oxygen atoms in total. The van der Waals surface area contributed by atoms with E-state index in [4.69, 9.17) is 0 Å². The third kappa shape index (κ3) is 1.53. The molecule has 1 aliphatic carbocycles. The zero-order valence-corrected chi connectivity index (χ0v) is 8.25. The van der Waals surface area contributed by atoms with Crippen LogP contribution in [0.2, 0.25) is 0 Å². The van der Waals surface area contributed by atoms with E-state index in [-0.39, 0.29) is 0 Å². The lowest BCUT2D eigenvalue weighted by Gasteiger charge is -2.18. The van der Waals surface area contributed by atoms with E-state index in [0.717, 1.165) is 12.8 Å². The molecule has 0 fully saturated rings. The molecule has 0 radical (unpaired) electrons. The first-order valence-electron chi connectivity index (χ1n) is 4.99. The van der Waals surface area contributed by atoms with Crippen LogP contribution in [-0.2, 0) is 0 Å². The molecule has 0 aromatic carbocycles. The zero-order chi connectivity index (χ0) is 9.26. The van der Waals surface area contributed by atoms with Gasteiger partial charge in [0.2, 0.25) is 0 Å². The standard InChI is InChI=1S/C11H16N2/c1-3-5-10-12-9-7-4-6-8(2)11(9)13-10/h4,6-7,9,11H,3,5H2,1-2H3,(H,12,13). The van der Waals surface area contributed by atoms with E-state index in [9.17, 15) is 0 Å². The average Bonchev–Trinajstić information content (AvgIpc) is 2.49. The van der Waals surface area contributed by atoms with Crippen molar-refractivity contribution in [1.29, 1.82) is 0 Å². The minimum Gasteiger partial charge on any atom is -0.365 e. The molecule has 0 aromatic heterocycles. The number of fused-ring (bicyclic) bond motifs is 1. The summed E-state index contributed by atoms with van der Waals surface area (Å²) in [7, 11) is 0. The zero-order valence-electron chi connectivity index (χ0n) is 8.25. The Balaban J connectivity index is 2.13. The molecular weight excluding hydrogens is 160 g/mol. The van der Waals surface area contributed by atoms with Gasteiger partial charge in [0.15, 0.2) is 0 Å². The second-order valence-electron chi connectivity index (χ2n) is 3.74. The Hall–Kier alpha value is -1.05. The summed E-state index contributed by atoms with van der Waals surface area (Å²) >= 11 is 0. The average molecular weight is 176 g/mol. The fourth-order valence-electron chi connectivity index (χ4n) is 1.89. The normalized spacial score (nSPS) is 30.6. The molecule has 0 bridgehead atoms. The maximum Gasteiger partial charge on any atom is 0.0977 e. The summed E-state index contributed by atoms with van der Waals surface area (Å²) in [6, 6.07) is 0.790. The molecule has 0 aromatic rings. The summed E-state index contributed by atoms with van der Waals surface area (Å²) < 4.78 is 0. The van der Waals surface area contributed by atoms with Crippen molar-refractivity contribution >= 4 is 5.84 Å². The van der Waals surface area contributed by atoms with Gasteiger partial charge in [-0.25, -0.2) is 0 Å². The molecule has 70 valence electrons. The van der Waals surface area contributed by atoms with Crippen LogP contribution in [0.4, 0.5) is 0 Å². The van der Waals surface area contributed by atoms with Crippen LogP contribution in [0.15, 0.2) is 28.8 Å². The van der Waals surface area contributed by atoms with E-state index < -0.39 is 0 Å². The number of allylic oxidation sites excluding steroid dienone is 2. The summed E-state index contributed by atoms with van der Waals surface area (Å²) in [5.74, 6) is 1.18. The van der Waals surface area contributed by atoms with E-state index in [1.54, 1.807) is 0 Å². The van der Waals surface area contributed by atoms with Crippen molar-refractivity contribution in [2.45, 2.75) is 38.8 Å². The fourth-order valence-corrected chi connectivity index (χ4v) is 1.89. The highest BCUT2D eigenvalue weighted by atomic mass is 15.1. The van der Waals surface area contributed by atoms with Crippen LogP contribution in [0.5, 0.6) is 0 Å². The van der Waals surface area contributed by atoms with Crippen molar-refractivity contribution in [1.82, 2.24) is 5.32 Å². The SMILES string of the molecule is CCCC1=NC2C(C)=CC=CC2N1. The van der Waals surface area contributed by atoms with Crippen molar-refractivity contribution in [2.75, 3.05) is 0 Å². The molecule has 1 aliphatic heterocycles.